The van der Waals surface area contributed by atoms with Crippen molar-refractivity contribution in [2.75, 3.05) is 19.7 Å². The maximum Gasteiger partial charge on any atom is 0.260 e. The van der Waals surface area contributed by atoms with Crippen molar-refractivity contribution in [3.05, 3.63) is 63.9 Å². The Morgan fingerprint density at radius 3 is 2.54 bits per heavy atom. The minimum absolute atomic E-state index is 0.0225. The predicted molar refractivity (Wildman–Crippen MR) is 105 cm³/mol. The number of amides is 2. The molecule has 0 radical (unpaired) electrons. The van der Waals surface area contributed by atoms with Crippen molar-refractivity contribution < 1.29 is 18.7 Å². The van der Waals surface area contributed by atoms with Crippen molar-refractivity contribution in [2.45, 2.75) is 18.9 Å². The lowest BCUT2D eigenvalue weighted by Gasteiger charge is -2.32. The van der Waals surface area contributed by atoms with E-state index in [0.717, 1.165) is 0 Å². The Labute approximate surface area is 172 Å². The van der Waals surface area contributed by atoms with Crippen LogP contribution >= 0.6 is 23.2 Å². The summed E-state index contributed by atoms with van der Waals surface area (Å²) in [4.78, 5) is 26.2. The molecule has 0 aliphatic carbocycles. The summed E-state index contributed by atoms with van der Waals surface area (Å²) >= 11 is 11.9. The van der Waals surface area contributed by atoms with Crippen molar-refractivity contribution >= 4 is 35.0 Å². The number of nitrogens with zero attached hydrogens (tertiary/aromatic N) is 1. The first kappa shape index (κ1) is 20.4. The topological polar surface area (TPSA) is 58.6 Å². The Morgan fingerprint density at radius 2 is 1.86 bits per heavy atom. The SMILES string of the molecule is O=C(NC1CCN(C(=O)COc2ccc(Cl)cc2Cl)CC1)c1ccccc1F. The van der Waals surface area contributed by atoms with Gasteiger partial charge in [0, 0.05) is 24.2 Å². The smallest absolute Gasteiger partial charge is 0.260 e. The number of rotatable bonds is 5. The molecule has 1 heterocycles. The summed E-state index contributed by atoms with van der Waals surface area (Å²) in [5, 5.41) is 3.66. The van der Waals surface area contributed by atoms with E-state index in [2.05, 4.69) is 5.32 Å². The largest absolute Gasteiger partial charge is 0.482 e. The fourth-order valence-electron chi connectivity index (χ4n) is 3.00. The second kappa shape index (κ2) is 9.26. The van der Waals surface area contributed by atoms with E-state index >= 15 is 0 Å². The Kier molecular flexibility index (Phi) is 6.75. The van der Waals surface area contributed by atoms with Gasteiger partial charge in [-0.15, -0.1) is 0 Å². The van der Waals surface area contributed by atoms with Crippen LogP contribution in [0.25, 0.3) is 0 Å². The number of halogens is 3. The molecular weight excluding hydrogens is 406 g/mol. The van der Waals surface area contributed by atoms with Crippen molar-refractivity contribution in [3.8, 4) is 5.75 Å². The van der Waals surface area contributed by atoms with Gasteiger partial charge in [0.2, 0.25) is 0 Å². The van der Waals surface area contributed by atoms with Crippen LogP contribution in [0.2, 0.25) is 10.0 Å². The Morgan fingerprint density at radius 1 is 1.14 bits per heavy atom. The molecule has 3 rings (SSSR count). The zero-order valence-corrected chi connectivity index (χ0v) is 16.5. The van der Waals surface area contributed by atoms with E-state index in [1.807, 2.05) is 0 Å². The minimum Gasteiger partial charge on any atom is -0.482 e. The quantitative estimate of drug-likeness (QED) is 0.790. The van der Waals surface area contributed by atoms with E-state index in [9.17, 15) is 14.0 Å². The van der Waals surface area contributed by atoms with Crippen LogP contribution in [0.3, 0.4) is 0 Å². The van der Waals surface area contributed by atoms with Crippen LogP contribution in [0, 0.1) is 5.82 Å². The fourth-order valence-corrected chi connectivity index (χ4v) is 3.47. The van der Waals surface area contributed by atoms with Crippen molar-refractivity contribution in [1.82, 2.24) is 10.2 Å². The summed E-state index contributed by atoms with van der Waals surface area (Å²) < 4.78 is 19.2. The average Bonchev–Trinajstić information content (AvgIpc) is 2.68. The molecule has 2 aromatic carbocycles. The molecule has 148 valence electrons. The van der Waals surface area contributed by atoms with Gasteiger partial charge in [0.1, 0.15) is 11.6 Å². The predicted octanol–water partition coefficient (Wildman–Crippen LogP) is 3.93. The van der Waals surface area contributed by atoms with E-state index in [1.165, 1.54) is 18.2 Å². The van der Waals surface area contributed by atoms with Crippen LogP contribution in [-0.2, 0) is 4.79 Å². The molecule has 1 aliphatic heterocycles. The third-order valence-corrected chi connectivity index (χ3v) is 5.08. The summed E-state index contributed by atoms with van der Waals surface area (Å²) in [6.07, 6.45) is 1.18. The molecule has 0 aromatic heterocycles. The van der Waals surface area contributed by atoms with Gasteiger partial charge in [0.05, 0.1) is 10.6 Å². The maximum atomic E-state index is 13.7. The molecule has 1 aliphatic rings. The average molecular weight is 425 g/mol. The molecule has 1 saturated heterocycles. The molecule has 0 atom stereocenters. The summed E-state index contributed by atoms with van der Waals surface area (Å²) in [5.41, 5.74) is 0.0225. The highest BCUT2D eigenvalue weighted by Gasteiger charge is 2.25. The van der Waals surface area contributed by atoms with Crippen molar-refractivity contribution in [2.24, 2.45) is 0 Å². The van der Waals surface area contributed by atoms with E-state index in [4.69, 9.17) is 27.9 Å². The molecule has 1 fully saturated rings. The maximum absolute atomic E-state index is 13.7. The lowest BCUT2D eigenvalue weighted by atomic mass is 10.0. The van der Waals surface area contributed by atoms with Crippen molar-refractivity contribution in [1.29, 1.82) is 0 Å². The van der Waals surface area contributed by atoms with Crippen molar-refractivity contribution in [3.63, 3.8) is 0 Å². The first-order valence-electron chi connectivity index (χ1n) is 8.85. The van der Waals surface area contributed by atoms with Gasteiger partial charge in [-0.3, -0.25) is 9.59 Å². The van der Waals surface area contributed by atoms with Gasteiger partial charge in [0.15, 0.2) is 6.61 Å². The first-order chi connectivity index (χ1) is 13.4. The summed E-state index contributed by atoms with van der Waals surface area (Å²) in [6.45, 7) is 0.838. The lowest BCUT2D eigenvalue weighted by Crippen LogP contribution is -2.47. The standard InChI is InChI=1S/C20H19Cl2FN2O3/c21-13-5-6-18(16(22)11-13)28-12-19(26)25-9-7-14(8-10-25)24-20(27)15-3-1-2-4-17(15)23/h1-6,11,14H,7-10,12H2,(H,24,27). The molecule has 1 N–H and O–H groups in total. The summed E-state index contributed by atoms with van der Waals surface area (Å²) in [7, 11) is 0. The number of carbonyl (C=O) groups is 2. The number of nitrogens with one attached hydrogen (secondary N) is 1. The van der Waals surface area contributed by atoms with Crippen LogP contribution in [-0.4, -0.2) is 42.5 Å². The highest BCUT2D eigenvalue weighted by atomic mass is 35.5. The second-order valence-corrected chi connectivity index (χ2v) is 7.32. The van der Waals surface area contributed by atoms with E-state index in [1.54, 1.807) is 29.2 Å². The van der Waals surface area contributed by atoms with Crippen LogP contribution in [0.15, 0.2) is 42.5 Å². The van der Waals surface area contributed by atoms with Crippen LogP contribution in [0.5, 0.6) is 5.75 Å². The molecule has 0 unspecified atom stereocenters. The van der Waals surface area contributed by atoms with Gasteiger partial charge in [0.25, 0.3) is 11.8 Å². The molecule has 8 heteroatoms. The normalized spacial score (nSPS) is 14.6. The molecule has 2 amide bonds. The number of carbonyl (C=O) groups excluding carboxylic acids is 2. The highest BCUT2D eigenvalue weighted by Crippen LogP contribution is 2.27. The molecule has 0 bridgehead atoms. The van der Waals surface area contributed by atoms with Gasteiger partial charge >= 0.3 is 0 Å². The second-order valence-electron chi connectivity index (χ2n) is 6.47. The Hall–Kier alpha value is -2.31. The fraction of sp³-hybridized carbons (Fsp3) is 0.300. The zero-order valence-electron chi connectivity index (χ0n) is 15.0. The summed E-state index contributed by atoms with van der Waals surface area (Å²) in [5.74, 6) is -0.759. The van der Waals surface area contributed by atoms with Crippen LogP contribution in [0.4, 0.5) is 4.39 Å². The Balaban J connectivity index is 1.46. The number of hydrogen-bond acceptors (Lipinski definition) is 3. The monoisotopic (exact) mass is 424 g/mol. The summed E-state index contributed by atoms with van der Waals surface area (Å²) in [6, 6.07) is 10.5. The van der Waals surface area contributed by atoms with Gasteiger partial charge in [-0.1, -0.05) is 35.3 Å². The molecular formula is C20H19Cl2FN2O3. The van der Waals surface area contributed by atoms with Crippen LogP contribution < -0.4 is 10.1 Å². The van der Waals surface area contributed by atoms with Gasteiger partial charge < -0.3 is 15.0 Å². The third-order valence-electron chi connectivity index (χ3n) is 4.55. The van der Waals surface area contributed by atoms with E-state index in [-0.39, 0.29) is 24.1 Å². The van der Waals surface area contributed by atoms with Gasteiger partial charge in [-0.25, -0.2) is 4.39 Å². The molecule has 0 spiro atoms. The zero-order chi connectivity index (χ0) is 20.1. The Bertz CT molecular complexity index is 870. The van der Waals surface area contributed by atoms with E-state index < -0.39 is 11.7 Å². The highest BCUT2D eigenvalue weighted by molar-refractivity contribution is 6.35. The molecule has 28 heavy (non-hydrogen) atoms. The number of piperidine rings is 1. The minimum atomic E-state index is -0.550. The van der Waals surface area contributed by atoms with Gasteiger partial charge in [-0.2, -0.15) is 0 Å². The number of likely N-dealkylation sites (tertiary alicyclic amines) is 1. The number of hydrogen-bond donors (Lipinski definition) is 1. The molecule has 0 saturated carbocycles. The third kappa shape index (κ3) is 5.14. The molecule has 2 aromatic rings. The number of benzene rings is 2. The van der Waals surface area contributed by atoms with Crippen LogP contribution in [0.1, 0.15) is 23.2 Å². The molecule has 5 nitrogen and oxygen atoms in total. The van der Waals surface area contributed by atoms with Gasteiger partial charge in [-0.05, 0) is 43.2 Å². The van der Waals surface area contributed by atoms with E-state index in [0.29, 0.717) is 41.7 Å². The first-order valence-corrected chi connectivity index (χ1v) is 9.60. The lowest BCUT2D eigenvalue weighted by molar-refractivity contribution is -0.134. The number of ether oxygens (including phenoxy) is 1.